The molecule has 0 spiro atoms. The number of hydrogen-bond donors (Lipinski definition) is 3. The summed E-state index contributed by atoms with van der Waals surface area (Å²) in [6.45, 7) is 11.3. The highest BCUT2D eigenvalue weighted by Crippen LogP contribution is 2.42. The zero-order valence-corrected chi connectivity index (χ0v) is 37.2. The second kappa shape index (κ2) is 17.4. The Morgan fingerprint density at radius 2 is 1.44 bits per heavy atom. The fourth-order valence-electron chi connectivity index (χ4n) is 8.46. The number of nitrogen functional groups attached to an aromatic ring is 2. The van der Waals surface area contributed by atoms with Gasteiger partial charge in [0.1, 0.15) is 46.6 Å². The molecule has 2 unspecified atom stereocenters. The van der Waals surface area contributed by atoms with Crippen LogP contribution in [-0.4, -0.2) is 99.1 Å². The minimum atomic E-state index is -0.258. The van der Waals surface area contributed by atoms with Crippen molar-refractivity contribution in [2.75, 3.05) is 55.6 Å². The van der Waals surface area contributed by atoms with E-state index in [2.05, 4.69) is 40.0 Å². The van der Waals surface area contributed by atoms with Gasteiger partial charge in [0, 0.05) is 83.4 Å². The Morgan fingerprint density at radius 1 is 0.855 bits per heavy atom. The number of methoxy groups -OCH3 is 1. The molecule has 2 aliphatic rings. The predicted molar refractivity (Wildman–Crippen MR) is 231 cm³/mol. The van der Waals surface area contributed by atoms with Gasteiger partial charge in [0.15, 0.2) is 11.9 Å². The number of aromatic nitrogens is 12. The van der Waals surface area contributed by atoms with Gasteiger partial charge in [-0.3, -0.25) is 14.6 Å². The van der Waals surface area contributed by atoms with E-state index in [9.17, 15) is 5.11 Å². The van der Waals surface area contributed by atoms with E-state index in [1.54, 1.807) is 28.9 Å². The molecule has 0 saturated heterocycles. The van der Waals surface area contributed by atoms with E-state index >= 15 is 0 Å². The van der Waals surface area contributed by atoms with Crippen molar-refractivity contribution in [1.29, 1.82) is 0 Å². The molecule has 20 nitrogen and oxygen atoms in total. The summed E-state index contributed by atoms with van der Waals surface area (Å²) in [7, 11) is 5.63. The predicted octanol–water partition coefficient (Wildman–Crippen LogP) is 3.04. The molecule has 2 aliphatic heterocycles. The summed E-state index contributed by atoms with van der Waals surface area (Å²) in [6.07, 6.45) is 7.34. The van der Waals surface area contributed by atoms with Crippen LogP contribution in [0.25, 0.3) is 0 Å². The number of fused-ring (bicyclic) bond motifs is 2. The molecule has 0 amide bonds. The first-order valence-electron chi connectivity index (χ1n) is 20.0. The number of aryl methyl sites for hydroxylation is 2. The number of aliphatic hydroxyl groups is 1. The highest BCUT2D eigenvalue weighted by atomic mass is 35.5. The summed E-state index contributed by atoms with van der Waals surface area (Å²) in [4.78, 5) is 33.6. The van der Waals surface area contributed by atoms with Gasteiger partial charge in [0.05, 0.1) is 49.0 Å². The molecule has 5 N–H and O–H groups in total. The third-order valence-electron chi connectivity index (χ3n) is 11.3. The van der Waals surface area contributed by atoms with Gasteiger partial charge in [0.25, 0.3) is 6.73 Å². The van der Waals surface area contributed by atoms with Gasteiger partial charge < -0.3 is 40.7 Å². The van der Waals surface area contributed by atoms with Crippen molar-refractivity contribution in [1.82, 2.24) is 59.7 Å². The number of rotatable bonds is 15. The molecule has 0 fully saturated rings. The Kier molecular flexibility index (Phi) is 12.0. The average Bonchev–Trinajstić information content (AvgIpc) is 3.99. The number of anilines is 4. The second-order valence-electron chi connectivity index (χ2n) is 16.1. The fourth-order valence-corrected chi connectivity index (χ4v) is 9.11. The number of halogens is 2. The lowest BCUT2D eigenvalue weighted by atomic mass is 10.1. The van der Waals surface area contributed by atoms with Gasteiger partial charge in [-0.15, -0.1) is 9.78 Å². The normalized spacial score (nSPS) is 15.8. The van der Waals surface area contributed by atoms with Crippen molar-refractivity contribution in [3.63, 3.8) is 0 Å². The standard InChI is InChI=1S/C40H50Cl2N17O3/c1-21-8-45-29(23(3)33(21)61-7)17-56-11-26(32-36(42)48-40(44)50-38(32)56)13-58-16-28(19-60)59(53-58)20-62-34-22(2)9-46-30(24(34)4)18-55-10-25(31-35(41)47-39(43)49-37(31)55)12-57-15-27(51-52-57)14-54(5)6/h8-9,15-16,25-26,60H,10-14,17-20H2,1-7H3,(H2,43,47,49)(H2,44,48,50)/q+1. The summed E-state index contributed by atoms with van der Waals surface area (Å²) in [5, 5.41) is 24.5. The number of ether oxygens (including phenoxy) is 2. The topological polar surface area (TPSA) is 230 Å². The first-order chi connectivity index (χ1) is 29.7. The average molecular weight is 888 g/mol. The van der Waals surface area contributed by atoms with Gasteiger partial charge in [-0.2, -0.15) is 9.97 Å². The highest BCUT2D eigenvalue weighted by molar-refractivity contribution is 6.31. The maximum absolute atomic E-state index is 10.4. The second-order valence-corrected chi connectivity index (χ2v) is 16.8. The van der Waals surface area contributed by atoms with Crippen molar-refractivity contribution in [3.8, 4) is 11.5 Å². The largest absolute Gasteiger partial charge is 0.496 e. The third kappa shape index (κ3) is 8.46. The summed E-state index contributed by atoms with van der Waals surface area (Å²) < 4.78 is 17.4. The Morgan fingerprint density at radius 3 is 2.03 bits per heavy atom. The molecule has 0 aromatic carbocycles. The van der Waals surface area contributed by atoms with Crippen LogP contribution in [0.1, 0.15) is 68.0 Å². The summed E-state index contributed by atoms with van der Waals surface area (Å²) in [5.41, 5.74) is 20.4. The molecule has 326 valence electrons. The van der Waals surface area contributed by atoms with Crippen LogP contribution in [0, 0.1) is 27.7 Å². The summed E-state index contributed by atoms with van der Waals surface area (Å²) >= 11 is 13.5. The first kappa shape index (κ1) is 42.7. The van der Waals surface area contributed by atoms with Gasteiger partial charge in [-0.05, 0) is 41.8 Å². The molecular weight excluding hydrogens is 837 g/mol. The maximum atomic E-state index is 10.4. The van der Waals surface area contributed by atoms with Crippen molar-refractivity contribution in [3.05, 3.63) is 91.3 Å². The molecule has 0 aliphatic carbocycles. The molecule has 0 bridgehead atoms. The van der Waals surface area contributed by atoms with Crippen LogP contribution in [0.3, 0.4) is 0 Å². The SMILES string of the molecule is COc1c(C)cnc(CN2CC(C[n+]3cc(CO)n(COc4c(C)cnc(CN5CC(Cn6cc(CN(C)C)nn6)c6c(Cl)nc(N)nc65)c4C)n3)c3c(Cl)nc(N)nc32)c1C. The third-order valence-corrected chi connectivity index (χ3v) is 11.9. The first-order valence-corrected chi connectivity index (χ1v) is 20.8. The summed E-state index contributed by atoms with van der Waals surface area (Å²) in [6, 6.07) is 0. The van der Waals surface area contributed by atoms with E-state index in [4.69, 9.17) is 59.3 Å². The maximum Gasteiger partial charge on any atom is 0.253 e. The van der Waals surface area contributed by atoms with Gasteiger partial charge in [0.2, 0.25) is 11.9 Å². The molecule has 0 saturated carbocycles. The smallest absolute Gasteiger partial charge is 0.253 e. The number of nitrogens with two attached hydrogens (primary N) is 2. The van der Waals surface area contributed by atoms with Crippen molar-refractivity contribution >= 4 is 46.7 Å². The molecule has 8 rings (SSSR count). The molecule has 62 heavy (non-hydrogen) atoms. The fraction of sp³-hybridized carbons (Fsp3) is 0.450. The monoisotopic (exact) mass is 886 g/mol. The van der Waals surface area contributed by atoms with Crippen LogP contribution in [-0.2, 0) is 46.1 Å². The highest BCUT2D eigenvalue weighted by Gasteiger charge is 2.37. The molecule has 22 heteroatoms. The molecular formula is C40H50Cl2N17O3+. The van der Waals surface area contributed by atoms with E-state index < -0.39 is 0 Å². The van der Waals surface area contributed by atoms with E-state index in [0.29, 0.717) is 74.0 Å². The van der Waals surface area contributed by atoms with E-state index in [1.807, 2.05) is 63.8 Å². The van der Waals surface area contributed by atoms with Crippen LogP contribution >= 0.6 is 23.2 Å². The Labute approximate surface area is 368 Å². The van der Waals surface area contributed by atoms with Gasteiger partial charge in [-0.25, -0.2) is 9.97 Å². The van der Waals surface area contributed by atoms with Crippen LogP contribution in [0.4, 0.5) is 23.5 Å². The number of pyridine rings is 2. The van der Waals surface area contributed by atoms with Gasteiger partial charge >= 0.3 is 0 Å². The number of aliphatic hydroxyl groups excluding tert-OH is 1. The lowest BCUT2D eigenvalue weighted by molar-refractivity contribution is -0.757. The number of nitrogens with zero attached hydrogens (tertiary/aromatic N) is 15. The molecule has 6 aromatic heterocycles. The van der Waals surface area contributed by atoms with Crippen LogP contribution in [0.15, 0.2) is 24.8 Å². The van der Waals surface area contributed by atoms with Crippen LogP contribution in [0.2, 0.25) is 10.3 Å². The van der Waals surface area contributed by atoms with E-state index in [0.717, 1.165) is 56.2 Å². The Balaban J connectivity index is 0.988. The number of hydrogen-bond acceptors (Lipinski definition) is 17. The lowest BCUT2D eigenvalue weighted by Crippen LogP contribution is -2.40. The molecule has 8 heterocycles. The van der Waals surface area contributed by atoms with Crippen molar-refractivity contribution < 1.29 is 19.3 Å². The van der Waals surface area contributed by atoms with Crippen LogP contribution < -0.4 is 35.4 Å². The van der Waals surface area contributed by atoms with E-state index in [-0.39, 0.29) is 42.2 Å². The molecule has 2 atom stereocenters. The van der Waals surface area contributed by atoms with Gasteiger partial charge in [-0.1, -0.05) is 33.1 Å². The van der Waals surface area contributed by atoms with E-state index in [1.165, 1.54) is 0 Å². The minimum Gasteiger partial charge on any atom is -0.496 e. The van der Waals surface area contributed by atoms with Crippen molar-refractivity contribution in [2.45, 2.75) is 85.6 Å². The minimum absolute atomic E-state index is 0.0315. The zero-order chi connectivity index (χ0) is 44.0. The lowest BCUT2D eigenvalue weighted by Gasteiger charge is -2.21. The summed E-state index contributed by atoms with van der Waals surface area (Å²) in [5.74, 6) is 2.72. The molecule has 0 radical (unpaired) electrons. The quantitative estimate of drug-likeness (QED) is 0.0994. The molecule has 6 aromatic rings. The Hall–Kier alpha value is -5.96. The zero-order valence-electron chi connectivity index (χ0n) is 35.7. The Bertz CT molecular complexity index is 2640. The van der Waals surface area contributed by atoms with Crippen LogP contribution in [0.5, 0.6) is 11.5 Å². The van der Waals surface area contributed by atoms with Crippen molar-refractivity contribution in [2.24, 2.45) is 0 Å².